The molecule has 0 radical (unpaired) electrons. The summed E-state index contributed by atoms with van der Waals surface area (Å²) in [4.78, 5) is 0. The lowest BCUT2D eigenvalue weighted by atomic mass is 10.2. The van der Waals surface area contributed by atoms with Gasteiger partial charge in [0.05, 0.1) is 6.20 Å². The van der Waals surface area contributed by atoms with E-state index < -0.39 is 0 Å². The van der Waals surface area contributed by atoms with Crippen LogP contribution in [0.15, 0.2) is 35.2 Å². The van der Waals surface area contributed by atoms with Crippen molar-refractivity contribution in [1.29, 1.82) is 0 Å². The number of nitrogens with one attached hydrogen (secondary N) is 1. The Morgan fingerprint density at radius 3 is 3.07 bits per heavy atom. The highest BCUT2D eigenvalue weighted by Crippen LogP contribution is 2.17. The van der Waals surface area contributed by atoms with Crippen molar-refractivity contribution in [3.05, 3.63) is 47.6 Å². The summed E-state index contributed by atoms with van der Waals surface area (Å²) in [5.41, 5.74) is 2.34. The summed E-state index contributed by atoms with van der Waals surface area (Å²) in [6.07, 6.45) is 3.18. The van der Waals surface area contributed by atoms with Crippen LogP contribution < -0.4 is 5.32 Å². The summed E-state index contributed by atoms with van der Waals surface area (Å²) in [5, 5.41) is 6.70. The molecular weight excluding hydrogens is 195 g/mol. The van der Waals surface area contributed by atoms with E-state index in [0.29, 0.717) is 12.1 Å². The van der Waals surface area contributed by atoms with Crippen LogP contribution in [0.3, 0.4) is 0 Å². The molecule has 1 heterocycles. The Morgan fingerprint density at radius 1 is 1.47 bits per heavy atom. The van der Waals surface area contributed by atoms with E-state index in [1.807, 2.05) is 6.07 Å². The number of anilines is 1. The van der Waals surface area contributed by atoms with Crippen LogP contribution in [0, 0.1) is 12.7 Å². The first-order valence-electron chi connectivity index (χ1n) is 4.64. The molecule has 0 aliphatic heterocycles. The molecule has 1 aromatic carbocycles. The zero-order chi connectivity index (χ0) is 10.7. The number of hydrogen-bond acceptors (Lipinski definition) is 3. The molecule has 0 saturated carbocycles. The fourth-order valence-electron chi connectivity index (χ4n) is 1.31. The highest BCUT2D eigenvalue weighted by molar-refractivity contribution is 5.51. The van der Waals surface area contributed by atoms with E-state index in [-0.39, 0.29) is 5.82 Å². The lowest BCUT2D eigenvalue weighted by Crippen LogP contribution is -2.00. The molecule has 0 bridgehead atoms. The lowest BCUT2D eigenvalue weighted by Gasteiger charge is -2.08. The summed E-state index contributed by atoms with van der Waals surface area (Å²) in [6.45, 7) is 2.32. The van der Waals surface area contributed by atoms with Crippen molar-refractivity contribution < 1.29 is 8.91 Å². The topological polar surface area (TPSA) is 38.1 Å². The summed E-state index contributed by atoms with van der Waals surface area (Å²) < 4.78 is 17.9. The van der Waals surface area contributed by atoms with Crippen molar-refractivity contribution in [2.45, 2.75) is 13.5 Å². The summed E-state index contributed by atoms with van der Waals surface area (Å²) >= 11 is 0. The highest BCUT2D eigenvalue weighted by Gasteiger charge is 2.03. The van der Waals surface area contributed by atoms with E-state index in [1.165, 1.54) is 6.07 Å². The van der Waals surface area contributed by atoms with Crippen LogP contribution in [-0.4, -0.2) is 5.16 Å². The van der Waals surface area contributed by atoms with Gasteiger partial charge in [0.25, 0.3) is 0 Å². The van der Waals surface area contributed by atoms with Crippen molar-refractivity contribution in [3.8, 4) is 0 Å². The van der Waals surface area contributed by atoms with Gasteiger partial charge in [0, 0.05) is 23.4 Å². The molecule has 0 saturated heterocycles. The van der Waals surface area contributed by atoms with Crippen LogP contribution in [0.25, 0.3) is 0 Å². The zero-order valence-electron chi connectivity index (χ0n) is 8.33. The van der Waals surface area contributed by atoms with Gasteiger partial charge in [-0.2, -0.15) is 0 Å². The molecular formula is C11H11FN2O. The molecule has 0 aliphatic carbocycles. The van der Waals surface area contributed by atoms with Crippen LogP contribution in [-0.2, 0) is 6.54 Å². The molecule has 0 atom stereocenters. The Balaban J connectivity index is 2.08. The standard InChI is InChI=1S/C11H11FN2O/c1-8-10(12)3-2-4-11(8)13-5-9-6-14-15-7-9/h2-4,6-7,13H,5H2,1H3. The number of rotatable bonds is 3. The number of benzene rings is 1. The Bertz CT molecular complexity index is 440. The fourth-order valence-corrected chi connectivity index (χ4v) is 1.31. The Kier molecular flexibility index (Phi) is 2.67. The van der Waals surface area contributed by atoms with Gasteiger partial charge in [-0.05, 0) is 19.1 Å². The smallest absolute Gasteiger partial charge is 0.128 e. The summed E-state index contributed by atoms with van der Waals surface area (Å²) in [5.74, 6) is -0.203. The van der Waals surface area contributed by atoms with E-state index in [1.54, 1.807) is 25.5 Å². The third kappa shape index (κ3) is 2.15. The van der Waals surface area contributed by atoms with Gasteiger partial charge in [-0.25, -0.2) is 4.39 Å². The molecule has 3 nitrogen and oxygen atoms in total. The highest BCUT2D eigenvalue weighted by atomic mass is 19.1. The van der Waals surface area contributed by atoms with E-state index >= 15 is 0 Å². The molecule has 0 spiro atoms. The maximum Gasteiger partial charge on any atom is 0.128 e. The van der Waals surface area contributed by atoms with Gasteiger partial charge in [-0.1, -0.05) is 11.2 Å². The van der Waals surface area contributed by atoms with Crippen LogP contribution in [0.2, 0.25) is 0 Å². The Morgan fingerprint density at radius 2 is 2.33 bits per heavy atom. The van der Waals surface area contributed by atoms with Crippen LogP contribution in [0.5, 0.6) is 0 Å². The molecule has 2 rings (SSSR count). The van der Waals surface area contributed by atoms with E-state index in [0.717, 1.165) is 11.3 Å². The average Bonchev–Trinajstić information content (AvgIpc) is 2.73. The second-order valence-electron chi connectivity index (χ2n) is 3.30. The molecule has 2 aromatic rings. The maximum absolute atomic E-state index is 13.2. The minimum absolute atomic E-state index is 0.203. The maximum atomic E-state index is 13.2. The minimum Gasteiger partial charge on any atom is -0.380 e. The van der Waals surface area contributed by atoms with Gasteiger partial charge in [-0.3, -0.25) is 0 Å². The SMILES string of the molecule is Cc1c(F)cccc1NCc1cnoc1. The van der Waals surface area contributed by atoms with Gasteiger partial charge in [0.1, 0.15) is 12.1 Å². The third-order valence-corrected chi connectivity index (χ3v) is 2.23. The van der Waals surface area contributed by atoms with E-state index in [9.17, 15) is 4.39 Å². The van der Waals surface area contributed by atoms with Crippen molar-refractivity contribution in [2.24, 2.45) is 0 Å². The normalized spacial score (nSPS) is 10.3. The van der Waals surface area contributed by atoms with Crippen LogP contribution in [0.4, 0.5) is 10.1 Å². The predicted molar refractivity (Wildman–Crippen MR) is 55.0 cm³/mol. The summed E-state index contributed by atoms with van der Waals surface area (Å²) in [6, 6.07) is 4.96. The number of nitrogens with zero attached hydrogens (tertiary/aromatic N) is 1. The molecule has 15 heavy (non-hydrogen) atoms. The van der Waals surface area contributed by atoms with Crippen molar-refractivity contribution in [1.82, 2.24) is 5.16 Å². The van der Waals surface area contributed by atoms with Gasteiger partial charge < -0.3 is 9.84 Å². The Labute approximate surface area is 86.9 Å². The first kappa shape index (κ1) is 9.71. The quantitative estimate of drug-likeness (QED) is 0.839. The minimum atomic E-state index is -0.203. The van der Waals surface area contributed by atoms with Crippen molar-refractivity contribution >= 4 is 5.69 Å². The first-order valence-corrected chi connectivity index (χ1v) is 4.64. The van der Waals surface area contributed by atoms with Crippen molar-refractivity contribution in [3.63, 3.8) is 0 Å². The van der Waals surface area contributed by atoms with Gasteiger partial charge >= 0.3 is 0 Å². The number of aromatic nitrogens is 1. The van der Waals surface area contributed by atoms with Crippen molar-refractivity contribution in [2.75, 3.05) is 5.32 Å². The van der Waals surface area contributed by atoms with Gasteiger partial charge in [-0.15, -0.1) is 0 Å². The first-order chi connectivity index (χ1) is 7.27. The molecule has 78 valence electrons. The predicted octanol–water partition coefficient (Wildman–Crippen LogP) is 2.73. The molecule has 0 fully saturated rings. The second-order valence-corrected chi connectivity index (χ2v) is 3.30. The van der Waals surface area contributed by atoms with E-state index in [4.69, 9.17) is 4.52 Å². The number of halogens is 1. The monoisotopic (exact) mass is 206 g/mol. The molecule has 0 unspecified atom stereocenters. The third-order valence-electron chi connectivity index (χ3n) is 2.23. The molecule has 1 N–H and O–H groups in total. The lowest BCUT2D eigenvalue weighted by molar-refractivity contribution is 0.419. The van der Waals surface area contributed by atoms with E-state index in [2.05, 4.69) is 10.5 Å². The van der Waals surface area contributed by atoms with Gasteiger partial charge in [0.2, 0.25) is 0 Å². The summed E-state index contributed by atoms with van der Waals surface area (Å²) in [7, 11) is 0. The molecule has 1 aromatic heterocycles. The number of hydrogen-bond donors (Lipinski definition) is 1. The molecule has 0 aliphatic rings. The van der Waals surface area contributed by atoms with Crippen LogP contribution in [0.1, 0.15) is 11.1 Å². The molecule has 4 heteroatoms. The molecule has 0 amide bonds. The zero-order valence-corrected chi connectivity index (χ0v) is 8.33. The average molecular weight is 206 g/mol. The van der Waals surface area contributed by atoms with Crippen LogP contribution >= 0.6 is 0 Å². The largest absolute Gasteiger partial charge is 0.380 e. The fraction of sp³-hybridized carbons (Fsp3) is 0.182. The second kappa shape index (κ2) is 4.13. The Hall–Kier alpha value is -1.84. The van der Waals surface area contributed by atoms with Gasteiger partial charge in [0.15, 0.2) is 0 Å².